The molecule has 0 spiro atoms. The number of hydrogen-bond donors (Lipinski definition) is 4. The van der Waals surface area contributed by atoms with Crippen LogP contribution in [0.15, 0.2) is 65.5 Å². The molecule has 25 heavy (non-hydrogen) atoms. The Labute approximate surface area is 154 Å². The minimum Gasteiger partial charge on any atom is -0.383 e. The van der Waals surface area contributed by atoms with Gasteiger partial charge in [0.05, 0.1) is 0 Å². The summed E-state index contributed by atoms with van der Waals surface area (Å²) in [6.07, 6.45) is 0. The minimum atomic E-state index is -0.414. The van der Waals surface area contributed by atoms with Crippen LogP contribution in [0.1, 0.15) is 5.56 Å². The highest BCUT2D eigenvalue weighted by atomic mass is 32.1. The van der Waals surface area contributed by atoms with Crippen molar-refractivity contribution in [3.05, 3.63) is 76.6 Å². The van der Waals surface area contributed by atoms with Gasteiger partial charge in [0.2, 0.25) is 0 Å². The number of thiocarbonyl (C=S) groups is 2. The van der Waals surface area contributed by atoms with Gasteiger partial charge in [-0.1, -0.05) is 48.6 Å². The van der Waals surface area contributed by atoms with Gasteiger partial charge in [-0.05, 0) is 36.5 Å². The summed E-state index contributed by atoms with van der Waals surface area (Å²) in [5.74, 6) is 0.145. The molecule has 0 aliphatic carbocycles. The van der Waals surface area contributed by atoms with Crippen LogP contribution in [0, 0.1) is 0 Å². The van der Waals surface area contributed by atoms with E-state index in [0.717, 1.165) is 11.4 Å². The van der Waals surface area contributed by atoms with Crippen molar-refractivity contribution in [2.45, 2.75) is 0 Å². The predicted octanol–water partition coefficient (Wildman–Crippen LogP) is 2.79. The van der Waals surface area contributed by atoms with Gasteiger partial charge in [-0.15, -0.1) is 0 Å². The van der Waals surface area contributed by atoms with E-state index in [1.54, 1.807) is 0 Å². The standard InChI is InChI=1S/C17H15N5OS2/c18-14-13(16(24)19-11-7-3-1-4-8-11)15(23)21-22(14)17(25)20-12-9-5-2-6-10-12/h1-10H,18H2,(H,19,24)(H,20,25)(H,21,23). The first-order valence-corrected chi connectivity index (χ1v) is 8.21. The zero-order valence-corrected chi connectivity index (χ0v) is 14.7. The van der Waals surface area contributed by atoms with Crippen molar-refractivity contribution in [1.29, 1.82) is 0 Å². The second-order valence-corrected chi connectivity index (χ2v) is 5.95. The number of benzene rings is 2. The number of H-pyrrole nitrogens is 1. The SMILES string of the molecule is Nc1c(C(=S)Nc2ccccc2)c(=O)[nH]n1C(=S)Nc1ccccc1. The average Bonchev–Trinajstić information content (AvgIpc) is 2.91. The Hall–Kier alpha value is -2.97. The van der Waals surface area contributed by atoms with Crippen molar-refractivity contribution in [2.75, 3.05) is 16.4 Å². The smallest absolute Gasteiger partial charge is 0.277 e. The van der Waals surface area contributed by atoms with E-state index in [1.165, 1.54) is 4.68 Å². The molecule has 0 saturated carbocycles. The molecule has 8 heteroatoms. The van der Waals surface area contributed by atoms with Gasteiger partial charge in [0.25, 0.3) is 5.56 Å². The largest absolute Gasteiger partial charge is 0.383 e. The summed E-state index contributed by atoms with van der Waals surface area (Å²) in [4.78, 5) is 12.5. The fourth-order valence-electron chi connectivity index (χ4n) is 2.24. The summed E-state index contributed by atoms with van der Waals surface area (Å²) in [5.41, 5.74) is 7.41. The lowest BCUT2D eigenvalue weighted by molar-refractivity contribution is 0.935. The molecule has 1 aromatic heterocycles. The molecule has 0 bridgehead atoms. The first kappa shape index (κ1) is 16.9. The summed E-state index contributed by atoms with van der Waals surface area (Å²) in [5, 5.41) is 8.85. The lowest BCUT2D eigenvalue weighted by Gasteiger charge is -2.10. The molecule has 0 aliphatic heterocycles. The quantitative estimate of drug-likeness (QED) is 0.531. The van der Waals surface area contributed by atoms with Gasteiger partial charge in [0, 0.05) is 11.4 Å². The normalized spacial score (nSPS) is 10.2. The van der Waals surface area contributed by atoms with Crippen LogP contribution >= 0.6 is 24.4 Å². The second kappa shape index (κ2) is 7.29. The van der Waals surface area contributed by atoms with Gasteiger partial charge in [0.15, 0.2) is 5.11 Å². The molecular weight excluding hydrogens is 354 g/mol. The molecule has 2 aromatic carbocycles. The maximum atomic E-state index is 12.3. The van der Waals surface area contributed by atoms with E-state index in [1.807, 2.05) is 60.7 Å². The third kappa shape index (κ3) is 3.76. The van der Waals surface area contributed by atoms with Gasteiger partial charge >= 0.3 is 0 Å². The van der Waals surface area contributed by atoms with E-state index in [4.69, 9.17) is 30.2 Å². The first-order chi connectivity index (χ1) is 12.1. The number of anilines is 3. The first-order valence-electron chi connectivity index (χ1n) is 7.39. The number of para-hydroxylation sites is 2. The lowest BCUT2D eigenvalue weighted by Crippen LogP contribution is -2.23. The molecule has 0 amide bonds. The Morgan fingerprint density at radius 2 is 1.44 bits per heavy atom. The highest BCUT2D eigenvalue weighted by Gasteiger charge is 2.18. The van der Waals surface area contributed by atoms with Gasteiger partial charge in [0.1, 0.15) is 16.4 Å². The summed E-state index contributed by atoms with van der Waals surface area (Å²) >= 11 is 10.6. The van der Waals surface area contributed by atoms with E-state index in [-0.39, 0.29) is 21.5 Å². The number of aromatic amines is 1. The highest BCUT2D eigenvalue weighted by molar-refractivity contribution is 7.81. The van der Waals surface area contributed by atoms with Crippen molar-refractivity contribution < 1.29 is 0 Å². The number of nitrogen functional groups attached to an aromatic ring is 1. The molecule has 3 rings (SSSR count). The van der Waals surface area contributed by atoms with Gasteiger partial charge in [-0.2, -0.15) is 0 Å². The number of rotatable bonds is 3. The number of nitrogens with zero attached hydrogens (tertiary/aromatic N) is 1. The molecule has 126 valence electrons. The van der Waals surface area contributed by atoms with E-state index in [2.05, 4.69) is 15.7 Å². The van der Waals surface area contributed by atoms with E-state index < -0.39 is 5.56 Å². The van der Waals surface area contributed by atoms with E-state index in [0.29, 0.717) is 0 Å². The molecule has 3 aromatic rings. The van der Waals surface area contributed by atoms with Crippen LogP contribution in [0.25, 0.3) is 0 Å². The summed E-state index contributed by atoms with van der Waals surface area (Å²) in [7, 11) is 0. The van der Waals surface area contributed by atoms with Crippen LogP contribution in [-0.2, 0) is 0 Å². The molecule has 0 radical (unpaired) electrons. The van der Waals surface area contributed by atoms with Crippen LogP contribution < -0.4 is 21.9 Å². The topological polar surface area (TPSA) is 87.9 Å². The number of hydrogen-bond acceptors (Lipinski definition) is 4. The van der Waals surface area contributed by atoms with Crippen molar-refractivity contribution in [2.24, 2.45) is 0 Å². The highest BCUT2D eigenvalue weighted by Crippen LogP contribution is 2.13. The van der Waals surface area contributed by atoms with Crippen molar-refractivity contribution in [3.63, 3.8) is 0 Å². The number of nitrogens with two attached hydrogens (primary N) is 1. The molecule has 0 unspecified atom stereocenters. The molecule has 1 heterocycles. The Kier molecular flexibility index (Phi) is 4.92. The molecule has 0 fully saturated rings. The lowest BCUT2D eigenvalue weighted by atomic mass is 10.3. The van der Waals surface area contributed by atoms with E-state index in [9.17, 15) is 4.79 Å². The van der Waals surface area contributed by atoms with Crippen molar-refractivity contribution in [1.82, 2.24) is 9.78 Å². The average molecular weight is 369 g/mol. The maximum Gasteiger partial charge on any atom is 0.277 e. The van der Waals surface area contributed by atoms with Gasteiger partial charge in [-0.3, -0.25) is 9.89 Å². The van der Waals surface area contributed by atoms with Crippen molar-refractivity contribution >= 4 is 51.7 Å². The Morgan fingerprint density at radius 1 is 0.920 bits per heavy atom. The summed E-state index contributed by atoms with van der Waals surface area (Å²) in [6, 6.07) is 18.6. The third-order valence-corrected chi connectivity index (χ3v) is 4.02. The fraction of sp³-hybridized carbons (Fsp3) is 0. The molecule has 0 saturated heterocycles. The summed E-state index contributed by atoms with van der Waals surface area (Å²) < 4.78 is 1.30. The Balaban J connectivity index is 1.84. The van der Waals surface area contributed by atoms with Crippen molar-refractivity contribution in [3.8, 4) is 0 Å². The Morgan fingerprint density at radius 3 is 2.00 bits per heavy atom. The predicted molar refractivity (Wildman–Crippen MR) is 109 cm³/mol. The zero-order chi connectivity index (χ0) is 17.8. The second-order valence-electron chi connectivity index (χ2n) is 5.15. The molecule has 6 nitrogen and oxygen atoms in total. The summed E-state index contributed by atoms with van der Waals surface area (Å²) in [6.45, 7) is 0. The third-order valence-electron chi connectivity index (χ3n) is 3.42. The number of nitrogens with one attached hydrogen (secondary N) is 3. The molecule has 0 aliphatic rings. The fourth-order valence-corrected chi connectivity index (χ4v) is 2.82. The maximum absolute atomic E-state index is 12.3. The van der Waals surface area contributed by atoms with Gasteiger partial charge < -0.3 is 16.4 Å². The van der Waals surface area contributed by atoms with Crippen LogP contribution in [-0.4, -0.2) is 19.9 Å². The van der Waals surface area contributed by atoms with Crippen LogP contribution in [0.4, 0.5) is 17.2 Å². The molecule has 0 atom stereocenters. The van der Waals surface area contributed by atoms with Crippen LogP contribution in [0.3, 0.4) is 0 Å². The molecular formula is C17H15N5OS2. The van der Waals surface area contributed by atoms with E-state index >= 15 is 0 Å². The monoisotopic (exact) mass is 369 g/mol. The Bertz CT molecular complexity index is 964. The molecule has 5 N–H and O–H groups in total. The van der Waals surface area contributed by atoms with Crippen LogP contribution in [0.5, 0.6) is 0 Å². The number of aromatic nitrogens is 2. The van der Waals surface area contributed by atoms with Crippen LogP contribution in [0.2, 0.25) is 0 Å². The zero-order valence-electron chi connectivity index (χ0n) is 13.0. The van der Waals surface area contributed by atoms with Gasteiger partial charge in [-0.25, -0.2) is 4.68 Å². The minimum absolute atomic E-state index is 0.145.